The standard InChI is InChI=1S/C15H17ClN2O2/c1-3-18-10-13(5-7-15(18)19)17-9-11-8-12(16)4-6-14(11)20-2/h4-8,10,17H,3,9H2,1-2H3. The molecule has 0 amide bonds. The summed E-state index contributed by atoms with van der Waals surface area (Å²) in [6.07, 6.45) is 1.80. The van der Waals surface area contributed by atoms with Crippen LogP contribution in [0.5, 0.6) is 5.75 Å². The highest BCUT2D eigenvalue weighted by Gasteiger charge is 2.04. The fourth-order valence-corrected chi connectivity index (χ4v) is 2.16. The molecule has 2 rings (SSSR count). The number of nitrogens with one attached hydrogen (secondary N) is 1. The first kappa shape index (κ1) is 14.5. The summed E-state index contributed by atoms with van der Waals surface area (Å²) in [7, 11) is 1.63. The fraction of sp³-hybridized carbons (Fsp3) is 0.267. The zero-order valence-corrected chi connectivity index (χ0v) is 12.3. The lowest BCUT2D eigenvalue weighted by Crippen LogP contribution is -2.17. The maximum atomic E-state index is 11.5. The van der Waals surface area contributed by atoms with Crippen molar-refractivity contribution in [1.82, 2.24) is 4.57 Å². The Labute approximate surface area is 123 Å². The van der Waals surface area contributed by atoms with E-state index >= 15 is 0 Å². The second-order valence-electron chi connectivity index (χ2n) is 4.35. The predicted molar refractivity (Wildman–Crippen MR) is 81.7 cm³/mol. The number of benzene rings is 1. The zero-order valence-electron chi connectivity index (χ0n) is 11.5. The molecule has 0 aliphatic rings. The van der Waals surface area contributed by atoms with Crippen LogP contribution >= 0.6 is 11.6 Å². The molecule has 1 N–H and O–H groups in total. The second kappa shape index (κ2) is 6.48. The third kappa shape index (κ3) is 3.33. The molecule has 1 aromatic carbocycles. The van der Waals surface area contributed by atoms with Crippen molar-refractivity contribution < 1.29 is 4.74 Å². The average molecular weight is 293 g/mol. The number of anilines is 1. The molecule has 20 heavy (non-hydrogen) atoms. The molecule has 1 aromatic heterocycles. The number of methoxy groups -OCH3 is 1. The Morgan fingerprint density at radius 3 is 2.80 bits per heavy atom. The maximum absolute atomic E-state index is 11.5. The van der Waals surface area contributed by atoms with E-state index in [1.807, 2.05) is 19.1 Å². The van der Waals surface area contributed by atoms with E-state index in [1.54, 1.807) is 36.1 Å². The number of nitrogens with zero attached hydrogens (tertiary/aromatic N) is 1. The van der Waals surface area contributed by atoms with Crippen molar-refractivity contribution in [3.63, 3.8) is 0 Å². The van der Waals surface area contributed by atoms with E-state index in [2.05, 4.69) is 5.32 Å². The van der Waals surface area contributed by atoms with Crippen molar-refractivity contribution in [1.29, 1.82) is 0 Å². The number of aromatic nitrogens is 1. The van der Waals surface area contributed by atoms with Gasteiger partial charge >= 0.3 is 0 Å². The zero-order chi connectivity index (χ0) is 14.5. The highest BCUT2D eigenvalue weighted by molar-refractivity contribution is 6.30. The predicted octanol–water partition coefficient (Wildman–Crippen LogP) is 3.14. The summed E-state index contributed by atoms with van der Waals surface area (Å²) >= 11 is 6.00. The third-order valence-electron chi connectivity index (χ3n) is 3.05. The Morgan fingerprint density at radius 2 is 2.10 bits per heavy atom. The summed E-state index contributed by atoms with van der Waals surface area (Å²) in [5.74, 6) is 0.783. The van der Waals surface area contributed by atoms with Gasteiger partial charge in [-0.1, -0.05) is 11.6 Å². The first-order valence-electron chi connectivity index (χ1n) is 6.41. The number of rotatable bonds is 5. The molecule has 4 nitrogen and oxygen atoms in total. The second-order valence-corrected chi connectivity index (χ2v) is 4.79. The lowest BCUT2D eigenvalue weighted by Gasteiger charge is -2.12. The van der Waals surface area contributed by atoms with Crippen LogP contribution in [0, 0.1) is 0 Å². The van der Waals surface area contributed by atoms with Crippen LogP contribution in [0.1, 0.15) is 12.5 Å². The molecule has 0 radical (unpaired) electrons. The molecule has 2 aromatic rings. The smallest absolute Gasteiger partial charge is 0.250 e. The highest BCUT2D eigenvalue weighted by atomic mass is 35.5. The van der Waals surface area contributed by atoms with Gasteiger partial charge in [0.15, 0.2) is 0 Å². The summed E-state index contributed by atoms with van der Waals surface area (Å²) in [6, 6.07) is 8.82. The Bertz CT molecular complexity index is 653. The van der Waals surface area contributed by atoms with Gasteiger partial charge in [0.25, 0.3) is 5.56 Å². The molecule has 106 valence electrons. The third-order valence-corrected chi connectivity index (χ3v) is 3.28. The number of hydrogen-bond donors (Lipinski definition) is 1. The Balaban J connectivity index is 2.16. The average Bonchev–Trinajstić information content (AvgIpc) is 2.46. The highest BCUT2D eigenvalue weighted by Crippen LogP contribution is 2.23. The van der Waals surface area contributed by atoms with Gasteiger partial charge < -0.3 is 14.6 Å². The van der Waals surface area contributed by atoms with E-state index in [0.29, 0.717) is 18.1 Å². The summed E-state index contributed by atoms with van der Waals surface area (Å²) in [6.45, 7) is 3.16. The van der Waals surface area contributed by atoms with Crippen LogP contribution < -0.4 is 15.6 Å². The molecule has 0 saturated heterocycles. The van der Waals surface area contributed by atoms with Gasteiger partial charge in [0, 0.05) is 35.9 Å². The summed E-state index contributed by atoms with van der Waals surface area (Å²) in [5, 5.41) is 3.93. The first-order valence-corrected chi connectivity index (χ1v) is 6.78. The van der Waals surface area contributed by atoms with Crippen molar-refractivity contribution in [3.05, 3.63) is 57.5 Å². The van der Waals surface area contributed by atoms with Crippen LogP contribution in [-0.2, 0) is 13.1 Å². The molecule has 0 atom stereocenters. The molecule has 5 heteroatoms. The molecular weight excluding hydrogens is 276 g/mol. The van der Waals surface area contributed by atoms with Crippen molar-refractivity contribution in [2.24, 2.45) is 0 Å². The van der Waals surface area contributed by atoms with Crippen LogP contribution in [0.3, 0.4) is 0 Å². The van der Waals surface area contributed by atoms with Crippen LogP contribution in [0.4, 0.5) is 5.69 Å². The Hall–Kier alpha value is -1.94. The van der Waals surface area contributed by atoms with Crippen molar-refractivity contribution in [2.45, 2.75) is 20.0 Å². The van der Waals surface area contributed by atoms with E-state index in [9.17, 15) is 4.79 Å². The largest absolute Gasteiger partial charge is 0.496 e. The molecule has 0 unspecified atom stereocenters. The van der Waals surface area contributed by atoms with Crippen molar-refractivity contribution in [3.8, 4) is 5.75 Å². The Morgan fingerprint density at radius 1 is 1.30 bits per heavy atom. The van der Waals surface area contributed by atoms with E-state index in [-0.39, 0.29) is 5.56 Å². The molecular formula is C15H17ClN2O2. The number of halogens is 1. The minimum atomic E-state index is -0.00149. The van der Waals surface area contributed by atoms with Crippen LogP contribution in [0.25, 0.3) is 0 Å². The van der Waals surface area contributed by atoms with E-state index in [0.717, 1.165) is 17.0 Å². The van der Waals surface area contributed by atoms with E-state index in [4.69, 9.17) is 16.3 Å². The monoisotopic (exact) mass is 292 g/mol. The molecule has 0 aliphatic heterocycles. The van der Waals surface area contributed by atoms with Crippen molar-refractivity contribution in [2.75, 3.05) is 12.4 Å². The quantitative estimate of drug-likeness (QED) is 0.920. The van der Waals surface area contributed by atoms with Crippen LogP contribution in [-0.4, -0.2) is 11.7 Å². The molecule has 1 heterocycles. The Kier molecular flexibility index (Phi) is 4.69. The minimum absolute atomic E-state index is 0.00149. The van der Waals surface area contributed by atoms with Gasteiger partial charge in [0.1, 0.15) is 5.75 Å². The summed E-state index contributed by atoms with van der Waals surface area (Å²) in [4.78, 5) is 11.5. The van der Waals surface area contributed by atoms with Crippen LogP contribution in [0.2, 0.25) is 5.02 Å². The van der Waals surface area contributed by atoms with Gasteiger partial charge in [-0.15, -0.1) is 0 Å². The molecule has 0 spiro atoms. The maximum Gasteiger partial charge on any atom is 0.250 e. The normalized spacial score (nSPS) is 10.3. The lowest BCUT2D eigenvalue weighted by molar-refractivity contribution is 0.410. The van der Waals surface area contributed by atoms with Crippen molar-refractivity contribution >= 4 is 17.3 Å². The number of pyridine rings is 1. The summed E-state index contributed by atoms with van der Waals surface area (Å²) < 4.78 is 6.95. The molecule has 0 fully saturated rings. The van der Waals surface area contributed by atoms with Gasteiger partial charge in [-0.05, 0) is 31.2 Å². The molecule has 0 aliphatic carbocycles. The van der Waals surface area contributed by atoms with Crippen LogP contribution in [0.15, 0.2) is 41.3 Å². The van der Waals surface area contributed by atoms with Gasteiger partial charge in [0.05, 0.1) is 12.8 Å². The topological polar surface area (TPSA) is 43.3 Å². The van der Waals surface area contributed by atoms with E-state index in [1.165, 1.54) is 0 Å². The van der Waals surface area contributed by atoms with E-state index < -0.39 is 0 Å². The molecule has 0 bridgehead atoms. The lowest BCUT2D eigenvalue weighted by atomic mass is 10.2. The summed E-state index contributed by atoms with van der Waals surface area (Å²) in [5.41, 5.74) is 1.85. The number of hydrogen-bond acceptors (Lipinski definition) is 3. The fourth-order valence-electron chi connectivity index (χ4n) is 1.97. The molecule has 0 saturated carbocycles. The minimum Gasteiger partial charge on any atom is -0.496 e. The first-order chi connectivity index (χ1) is 9.63. The van der Waals surface area contributed by atoms with Gasteiger partial charge in [-0.3, -0.25) is 4.79 Å². The SMILES string of the molecule is CCn1cc(NCc2cc(Cl)ccc2OC)ccc1=O. The number of ether oxygens (including phenoxy) is 1. The van der Waals surface area contributed by atoms with Gasteiger partial charge in [0.2, 0.25) is 0 Å². The van der Waals surface area contributed by atoms with Gasteiger partial charge in [-0.25, -0.2) is 0 Å². The number of aryl methyl sites for hydroxylation is 1. The van der Waals surface area contributed by atoms with Gasteiger partial charge in [-0.2, -0.15) is 0 Å².